The van der Waals surface area contributed by atoms with Crippen LogP contribution >= 0.6 is 15.9 Å². The van der Waals surface area contributed by atoms with Gasteiger partial charge < -0.3 is 14.3 Å². The molecule has 0 bridgehead atoms. The zero-order chi connectivity index (χ0) is 26.3. The highest BCUT2D eigenvalue weighted by Gasteiger charge is 2.45. The molecule has 1 aliphatic rings. The number of aliphatic hydroxyl groups is 1. The summed E-state index contributed by atoms with van der Waals surface area (Å²) in [6.07, 6.45) is 0. The highest BCUT2D eigenvalue weighted by molar-refractivity contribution is 9.10. The minimum atomic E-state index is -0.846. The molecule has 0 spiro atoms. The lowest BCUT2D eigenvalue weighted by Gasteiger charge is -2.27. The summed E-state index contributed by atoms with van der Waals surface area (Å²) in [7, 11) is 0. The van der Waals surface area contributed by atoms with Crippen molar-refractivity contribution in [2.75, 3.05) is 11.5 Å². The Balaban J connectivity index is 1.59. The minimum Gasteiger partial charge on any atom is -0.503 e. The van der Waals surface area contributed by atoms with E-state index < -0.39 is 23.5 Å². The van der Waals surface area contributed by atoms with Crippen LogP contribution in [-0.2, 0) is 4.79 Å². The lowest BCUT2D eigenvalue weighted by Crippen LogP contribution is -2.31. The van der Waals surface area contributed by atoms with Crippen LogP contribution in [0.1, 0.15) is 41.6 Å². The Morgan fingerprint density at radius 3 is 2.43 bits per heavy atom. The third kappa shape index (κ3) is 4.79. The number of aryl methyl sites for hydroxylation is 1. The van der Waals surface area contributed by atoms with E-state index in [1.165, 1.54) is 4.90 Å². The number of benzene rings is 3. The van der Waals surface area contributed by atoms with Gasteiger partial charge in [0.05, 0.1) is 18.2 Å². The van der Waals surface area contributed by atoms with Gasteiger partial charge in [-0.15, -0.1) is 0 Å². The molecule has 1 N–H and O–H groups in total. The van der Waals surface area contributed by atoms with Gasteiger partial charge in [-0.25, -0.2) is 0 Å². The summed E-state index contributed by atoms with van der Waals surface area (Å²) in [5, 5.41) is 11.8. The number of ether oxygens (including phenoxy) is 1. The second kappa shape index (κ2) is 9.90. The van der Waals surface area contributed by atoms with E-state index >= 15 is 0 Å². The molecule has 1 aromatic heterocycles. The third-order valence-electron chi connectivity index (χ3n) is 6.25. The lowest BCUT2D eigenvalue weighted by molar-refractivity contribution is -0.117. The number of ketones is 1. The number of carbonyl (C=O) groups excluding carboxylic acids is 2. The van der Waals surface area contributed by atoms with Crippen LogP contribution in [0.4, 0.5) is 5.69 Å². The Morgan fingerprint density at radius 1 is 1.05 bits per heavy atom. The number of furan rings is 1. The van der Waals surface area contributed by atoms with E-state index in [0.717, 1.165) is 15.4 Å². The van der Waals surface area contributed by atoms with Gasteiger partial charge in [-0.1, -0.05) is 59.6 Å². The molecular formula is C30H26BrNO5. The molecule has 188 valence electrons. The first-order valence-electron chi connectivity index (χ1n) is 12.0. The molecule has 7 heteroatoms. The number of hydrogen-bond donors (Lipinski definition) is 1. The molecule has 0 aliphatic carbocycles. The zero-order valence-electron chi connectivity index (χ0n) is 20.7. The number of aliphatic hydroxyl groups excluding tert-OH is 1. The number of halogens is 1. The summed E-state index contributed by atoms with van der Waals surface area (Å²) in [5.41, 5.74) is 2.77. The standard InChI is InChI=1S/C30H26BrNO5/c1-17(2)16-36-23-11-6-19(7-12-23)27-26(28(33)25-15-20-14-21(31)8-13-24(20)37-25)29(34)30(35)32(27)22-9-4-18(3)5-10-22/h4-15,17,27,34H,16H2,1-3H3. The zero-order valence-corrected chi connectivity index (χ0v) is 22.3. The Hall–Kier alpha value is -3.84. The summed E-state index contributed by atoms with van der Waals surface area (Å²) in [4.78, 5) is 28.6. The van der Waals surface area contributed by atoms with Crippen LogP contribution in [0.25, 0.3) is 11.0 Å². The minimum absolute atomic E-state index is 0.0282. The predicted molar refractivity (Wildman–Crippen MR) is 146 cm³/mol. The molecular weight excluding hydrogens is 534 g/mol. The largest absolute Gasteiger partial charge is 0.503 e. The number of fused-ring (bicyclic) bond motifs is 1. The van der Waals surface area contributed by atoms with Crippen molar-refractivity contribution >= 4 is 44.3 Å². The Labute approximate surface area is 223 Å². The lowest BCUT2D eigenvalue weighted by atomic mass is 9.94. The number of carbonyl (C=O) groups is 2. The van der Waals surface area contributed by atoms with Crippen LogP contribution in [0.5, 0.6) is 5.75 Å². The topological polar surface area (TPSA) is 80.0 Å². The average Bonchev–Trinajstić information content (AvgIpc) is 3.41. The highest BCUT2D eigenvalue weighted by atomic mass is 79.9. The summed E-state index contributed by atoms with van der Waals surface area (Å²) < 4.78 is 12.5. The van der Waals surface area contributed by atoms with Crippen molar-refractivity contribution in [3.63, 3.8) is 0 Å². The van der Waals surface area contributed by atoms with Gasteiger partial charge in [0, 0.05) is 15.5 Å². The normalized spacial score (nSPS) is 15.8. The summed E-state index contributed by atoms with van der Waals surface area (Å²) in [5.74, 6) is -0.660. The van der Waals surface area contributed by atoms with E-state index in [4.69, 9.17) is 9.15 Å². The van der Waals surface area contributed by atoms with Crippen molar-refractivity contribution in [2.24, 2.45) is 5.92 Å². The second-order valence-electron chi connectivity index (χ2n) is 9.57. The van der Waals surface area contributed by atoms with E-state index in [-0.39, 0.29) is 11.3 Å². The molecule has 0 fully saturated rings. The summed E-state index contributed by atoms with van der Waals surface area (Å²) >= 11 is 3.43. The van der Waals surface area contributed by atoms with E-state index in [9.17, 15) is 14.7 Å². The van der Waals surface area contributed by atoms with Crippen LogP contribution in [0.15, 0.2) is 93.0 Å². The van der Waals surface area contributed by atoms with Crippen LogP contribution in [0.2, 0.25) is 0 Å². The Bertz CT molecular complexity index is 1520. The monoisotopic (exact) mass is 559 g/mol. The van der Waals surface area contributed by atoms with E-state index in [1.54, 1.807) is 24.3 Å². The number of anilines is 1. The molecule has 2 heterocycles. The SMILES string of the molecule is Cc1ccc(N2C(=O)C(O)=C(C(=O)c3cc4cc(Br)ccc4o3)C2c2ccc(OCC(C)C)cc2)cc1. The average molecular weight is 560 g/mol. The molecule has 0 saturated heterocycles. The van der Waals surface area contributed by atoms with Gasteiger partial charge in [0.2, 0.25) is 5.78 Å². The highest BCUT2D eigenvalue weighted by Crippen LogP contribution is 2.42. The van der Waals surface area contributed by atoms with Crippen LogP contribution in [-0.4, -0.2) is 23.4 Å². The molecule has 37 heavy (non-hydrogen) atoms. The molecule has 1 unspecified atom stereocenters. The quantitative estimate of drug-likeness (QED) is 0.240. The van der Waals surface area contributed by atoms with Gasteiger partial charge in [-0.05, 0) is 66.9 Å². The van der Waals surface area contributed by atoms with Crippen molar-refractivity contribution in [1.29, 1.82) is 0 Å². The van der Waals surface area contributed by atoms with E-state index in [1.807, 2.05) is 55.5 Å². The number of hydrogen-bond acceptors (Lipinski definition) is 5. The molecule has 1 amide bonds. The van der Waals surface area contributed by atoms with E-state index in [2.05, 4.69) is 29.8 Å². The first-order valence-corrected chi connectivity index (χ1v) is 12.8. The molecule has 1 aliphatic heterocycles. The number of rotatable bonds is 7. The van der Waals surface area contributed by atoms with E-state index in [0.29, 0.717) is 35.1 Å². The summed E-state index contributed by atoms with van der Waals surface area (Å²) in [6, 6.07) is 20.8. The molecule has 4 aromatic rings. The number of amides is 1. The van der Waals surface area contributed by atoms with Crippen LogP contribution in [0, 0.1) is 12.8 Å². The van der Waals surface area contributed by atoms with Crippen molar-refractivity contribution in [3.8, 4) is 5.75 Å². The fourth-order valence-electron chi connectivity index (χ4n) is 4.39. The first-order chi connectivity index (χ1) is 17.7. The van der Waals surface area contributed by atoms with Gasteiger partial charge >= 0.3 is 0 Å². The smallest absolute Gasteiger partial charge is 0.294 e. The predicted octanol–water partition coefficient (Wildman–Crippen LogP) is 7.32. The fraction of sp³-hybridized carbons (Fsp3) is 0.200. The molecule has 3 aromatic carbocycles. The van der Waals surface area contributed by atoms with Crippen molar-refractivity contribution in [3.05, 3.63) is 105 Å². The Morgan fingerprint density at radius 2 is 1.76 bits per heavy atom. The molecule has 1 atom stereocenters. The molecule has 0 radical (unpaired) electrons. The van der Waals surface area contributed by atoms with Crippen LogP contribution < -0.4 is 9.64 Å². The number of Topliss-reactive ketones (excluding diaryl/α,β-unsaturated/α-hetero) is 1. The fourth-order valence-corrected chi connectivity index (χ4v) is 4.77. The van der Waals surface area contributed by atoms with Gasteiger partial charge in [-0.3, -0.25) is 14.5 Å². The molecule has 0 saturated carbocycles. The molecule has 6 nitrogen and oxygen atoms in total. The Kier molecular flexibility index (Phi) is 6.65. The molecule has 5 rings (SSSR count). The third-order valence-corrected chi connectivity index (χ3v) is 6.74. The van der Waals surface area contributed by atoms with Crippen molar-refractivity contribution in [2.45, 2.75) is 26.8 Å². The van der Waals surface area contributed by atoms with Crippen molar-refractivity contribution in [1.82, 2.24) is 0 Å². The first kappa shape index (κ1) is 24.8. The maximum atomic E-state index is 13.8. The number of nitrogens with zero attached hydrogens (tertiary/aromatic N) is 1. The van der Waals surface area contributed by atoms with Gasteiger partial charge in [0.1, 0.15) is 11.3 Å². The van der Waals surface area contributed by atoms with Gasteiger partial charge in [0.25, 0.3) is 5.91 Å². The van der Waals surface area contributed by atoms with Gasteiger partial charge in [-0.2, -0.15) is 0 Å². The summed E-state index contributed by atoms with van der Waals surface area (Å²) in [6.45, 7) is 6.66. The second-order valence-corrected chi connectivity index (χ2v) is 10.5. The maximum absolute atomic E-state index is 13.8. The van der Waals surface area contributed by atoms with Crippen LogP contribution in [0.3, 0.4) is 0 Å². The van der Waals surface area contributed by atoms with Gasteiger partial charge in [0.15, 0.2) is 11.5 Å². The maximum Gasteiger partial charge on any atom is 0.294 e. The van der Waals surface area contributed by atoms with Crippen molar-refractivity contribution < 1.29 is 23.8 Å².